The van der Waals surface area contributed by atoms with Crippen LogP contribution < -0.4 is 5.73 Å². The number of nitrogens with two attached hydrogens (primary N) is 1. The largest absolute Gasteiger partial charge is 0.375 e. The quantitative estimate of drug-likeness (QED) is 0.927. The first-order chi connectivity index (χ1) is 10.2. The maximum atomic E-state index is 6.49. The Morgan fingerprint density at radius 2 is 2.19 bits per heavy atom. The van der Waals surface area contributed by atoms with Gasteiger partial charge in [0.2, 0.25) is 0 Å². The van der Waals surface area contributed by atoms with E-state index in [1.54, 1.807) is 0 Å². The average Bonchev–Trinajstić information content (AvgIpc) is 2.98. The molecule has 4 atom stereocenters. The maximum absolute atomic E-state index is 6.49. The molecule has 2 aliphatic rings. The molecule has 1 saturated carbocycles. The minimum atomic E-state index is 0.101. The van der Waals surface area contributed by atoms with Crippen molar-refractivity contribution in [3.05, 3.63) is 34.9 Å². The zero-order valence-corrected chi connectivity index (χ0v) is 13.4. The molecule has 4 heteroatoms. The van der Waals surface area contributed by atoms with E-state index < -0.39 is 0 Å². The Morgan fingerprint density at radius 3 is 2.95 bits per heavy atom. The number of benzene rings is 1. The lowest BCUT2D eigenvalue weighted by Gasteiger charge is -2.45. The Balaban J connectivity index is 1.94. The minimum Gasteiger partial charge on any atom is -0.375 e. The molecule has 21 heavy (non-hydrogen) atoms. The first-order valence-electron chi connectivity index (χ1n) is 8.09. The summed E-state index contributed by atoms with van der Waals surface area (Å²) in [6.45, 7) is 3.91. The van der Waals surface area contributed by atoms with Crippen LogP contribution in [0.25, 0.3) is 0 Å². The Hall–Kier alpha value is -0.610. The molecular weight excluding hydrogens is 284 g/mol. The molecule has 1 saturated heterocycles. The van der Waals surface area contributed by atoms with Crippen LogP contribution in [-0.4, -0.2) is 36.2 Å². The van der Waals surface area contributed by atoms with E-state index in [9.17, 15) is 0 Å². The highest BCUT2D eigenvalue weighted by atomic mass is 35.5. The predicted molar refractivity (Wildman–Crippen MR) is 86.5 cm³/mol. The summed E-state index contributed by atoms with van der Waals surface area (Å²) in [5.74, 6) is 0. The van der Waals surface area contributed by atoms with E-state index in [4.69, 9.17) is 22.1 Å². The molecule has 0 amide bonds. The highest BCUT2D eigenvalue weighted by molar-refractivity contribution is 6.31. The van der Waals surface area contributed by atoms with Gasteiger partial charge in [-0.25, -0.2) is 0 Å². The van der Waals surface area contributed by atoms with Crippen LogP contribution in [0.4, 0.5) is 0 Å². The average molecular weight is 309 g/mol. The second-order valence-corrected chi connectivity index (χ2v) is 6.59. The van der Waals surface area contributed by atoms with Gasteiger partial charge >= 0.3 is 0 Å². The van der Waals surface area contributed by atoms with Crippen LogP contribution in [0.3, 0.4) is 0 Å². The van der Waals surface area contributed by atoms with Gasteiger partial charge < -0.3 is 10.5 Å². The zero-order chi connectivity index (χ0) is 14.8. The maximum Gasteiger partial charge on any atom is 0.0731 e. The van der Waals surface area contributed by atoms with Crippen molar-refractivity contribution in [3.63, 3.8) is 0 Å². The molecule has 4 unspecified atom stereocenters. The number of hydrogen-bond donors (Lipinski definition) is 1. The molecule has 0 radical (unpaired) electrons. The Kier molecular flexibility index (Phi) is 4.85. The van der Waals surface area contributed by atoms with E-state index >= 15 is 0 Å². The number of ether oxygens (including phenoxy) is 1. The molecule has 1 aromatic carbocycles. The molecule has 0 spiro atoms. The van der Waals surface area contributed by atoms with Crippen LogP contribution in [0.2, 0.25) is 5.02 Å². The molecule has 0 aromatic heterocycles. The topological polar surface area (TPSA) is 38.5 Å². The molecule has 3 nitrogen and oxygen atoms in total. The smallest absolute Gasteiger partial charge is 0.0731 e. The third kappa shape index (κ3) is 2.98. The number of morpholine rings is 1. The fourth-order valence-corrected chi connectivity index (χ4v) is 4.14. The normalized spacial score (nSPS) is 29.1. The minimum absolute atomic E-state index is 0.101. The van der Waals surface area contributed by atoms with Crippen molar-refractivity contribution >= 4 is 11.6 Å². The highest BCUT2D eigenvalue weighted by Gasteiger charge is 2.41. The van der Waals surface area contributed by atoms with Gasteiger partial charge in [-0.15, -0.1) is 0 Å². The second kappa shape index (κ2) is 6.66. The van der Waals surface area contributed by atoms with Crippen molar-refractivity contribution in [1.29, 1.82) is 0 Å². The number of nitrogens with zero attached hydrogens (tertiary/aromatic N) is 1. The van der Waals surface area contributed by atoms with Gasteiger partial charge in [-0.2, -0.15) is 0 Å². The molecular formula is C17H25ClN2O. The van der Waals surface area contributed by atoms with Crippen LogP contribution in [0, 0.1) is 0 Å². The summed E-state index contributed by atoms with van der Waals surface area (Å²) in [5.41, 5.74) is 7.66. The van der Waals surface area contributed by atoms with Gasteiger partial charge in [-0.05, 0) is 37.3 Å². The molecule has 2 fully saturated rings. The summed E-state index contributed by atoms with van der Waals surface area (Å²) >= 11 is 6.47. The van der Waals surface area contributed by atoms with E-state index in [1.165, 1.54) is 24.8 Å². The van der Waals surface area contributed by atoms with Crippen LogP contribution >= 0.6 is 11.6 Å². The van der Waals surface area contributed by atoms with Crippen molar-refractivity contribution in [1.82, 2.24) is 4.90 Å². The highest BCUT2D eigenvalue weighted by Crippen LogP contribution is 2.38. The fraction of sp³-hybridized carbons (Fsp3) is 0.647. The monoisotopic (exact) mass is 308 g/mol. The number of hydrogen-bond acceptors (Lipinski definition) is 3. The van der Waals surface area contributed by atoms with Crippen LogP contribution in [0.15, 0.2) is 24.3 Å². The Bertz CT molecular complexity index is 482. The molecule has 2 N–H and O–H groups in total. The zero-order valence-electron chi connectivity index (χ0n) is 12.7. The standard InChI is InChI=1S/C17H25ClN2O/c1-2-14(19)17(12-6-3-4-7-13(12)18)20-10-11-21-16-9-5-8-15(16)20/h3-4,6-7,14-17H,2,5,8-11,19H2,1H3. The van der Waals surface area contributed by atoms with E-state index in [0.29, 0.717) is 12.1 Å². The third-order valence-corrected chi connectivity index (χ3v) is 5.33. The van der Waals surface area contributed by atoms with Gasteiger partial charge in [-0.1, -0.05) is 36.7 Å². The Labute approximate surface area is 132 Å². The van der Waals surface area contributed by atoms with Gasteiger partial charge in [-0.3, -0.25) is 4.90 Å². The first-order valence-corrected chi connectivity index (χ1v) is 8.47. The summed E-state index contributed by atoms with van der Waals surface area (Å²) < 4.78 is 5.95. The molecule has 3 rings (SSSR count). The van der Waals surface area contributed by atoms with Gasteiger partial charge in [0.05, 0.1) is 18.8 Å². The van der Waals surface area contributed by atoms with Gasteiger partial charge in [0.1, 0.15) is 0 Å². The first kappa shape index (κ1) is 15.3. The number of fused-ring (bicyclic) bond motifs is 1. The molecule has 116 valence electrons. The SMILES string of the molecule is CCC(N)C(c1ccccc1Cl)N1CCOC2CCCC21. The lowest BCUT2D eigenvalue weighted by Crippen LogP contribution is -2.53. The lowest BCUT2D eigenvalue weighted by molar-refractivity contribution is -0.0762. The van der Waals surface area contributed by atoms with Crippen molar-refractivity contribution in [3.8, 4) is 0 Å². The van der Waals surface area contributed by atoms with Crippen LogP contribution in [0.5, 0.6) is 0 Å². The summed E-state index contributed by atoms with van der Waals surface area (Å²) in [5, 5.41) is 0.826. The summed E-state index contributed by atoms with van der Waals surface area (Å²) in [6, 6.07) is 8.93. The lowest BCUT2D eigenvalue weighted by atomic mass is 9.93. The number of halogens is 1. The van der Waals surface area contributed by atoms with Gasteiger partial charge in [0, 0.05) is 23.7 Å². The molecule has 1 aliphatic carbocycles. The Morgan fingerprint density at radius 1 is 1.38 bits per heavy atom. The molecule has 1 heterocycles. The van der Waals surface area contributed by atoms with E-state index in [1.807, 2.05) is 12.1 Å². The summed E-state index contributed by atoms with van der Waals surface area (Å²) in [6.07, 6.45) is 4.97. The van der Waals surface area contributed by atoms with Gasteiger partial charge in [0.15, 0.2) is 0 Å². The van der Waals surface area contributed by atoms with E-state index in [-0.39, 0.29) is 12.1 Å². The molecule has 0 bridgehead atoms. The fourth-order valence-electron chi connectivity index (χ4n) is 3.89. The second-order valence-electron chi connectivity index (χ2n) is 6.18. The van der Waals surface area contributed by atoms with Gasteiger partial charge in [0.25, 0.3) is 0 Å². The molecule has 1 aromatic rings. The van der Waals surface area contributed by atoms with Crippen molar-refractivity contribution in [2.24, 2.45) is 5.73 Å². The van der Waals surface area contributed by atoms with Crippen molar-refractivity contribution < 1.29 is 4.74 Å². The predicted octanol–water partition coefficient (Wildman–Crippen LogP) is 3.37. The number of rotatable bonds is 4. The summed E-state index contributed by atoms with van der Waals surface area (Å²) in [4.78, 5) is 2.57. The van der Waals surface area contributed by atoms with E-state index in [2.05, 4.69) is 24.0 Å². The van der Waals surface area contributed by atoms with Crippen molar-refractivity contribution in [2.45, 2.75) is 56.8 Å². The molecule has 1 aliphatic heterocycles. The van der Waals surface area contributed by atoms with Crippen molar-refractivity contribution in [2.75, 3.05) is 13.2 Å². The van der Waals surface area contributed by atoms with E-state index in [0.717, 1.165) is 24.6 Å². The van der Waals surface area contributed by atoms with Crippen LogP contribution in [0.1, 0.15) is 44.2 Å². The third-order valence-electron chi connectivity index (χ3n) is 4.98. The summed E-state index contributed by atoms with van der Waals surface area (Å²) in [7, 11) is 0. The van der Waals surface area contributed by atoms with Crippen LogP contribution in [-0.2, 0) is 4.74 Å².